The number of fused-ring (bicyclic) bond motifs is 1. The van der Waals surface area contributed by atoms with Crippen molar-refractivity contribution in [1.82, 2.24) is 10.5 Å². The zero-order chi connectivity index (χ0) is 21.8. The summed E-state index contributed by atoms with van der Waals surface area (Å²) in [6, 6.07) is 17.6. The average Bonchev–Trinajstić information content (AvgIpc) is 3.28. The maximum atomic E-state index is 12.7. The van der Waals surface area contributed by atoms with E-state index in [0.29, 0.717) is 19.4 Å². The van der Waals surface area contributed by atoms with Crippen molar-refractivity contribution in [1.29, 1.82) is 0 Å². The Labute approximate surface area is 181 Å². The molecular formula is C25H26N2O4. The number of nitrogens with one attached hydrogen (secondary N) is 1. The number of Topliss-reactive ketones (excluding diaryl/α,β-unsaturated/α-hetero) is 1. The molecule has 2 N–H and O–H groups in total. The van der Waals surface area contributed by atoms with Gasteiger partial charge in [0.1, 0.15) is 18.1 Å². The number of aryl methyl sites for hydroxylation is 1. The van der Waals surface area contributed by atoms with Gasteiger partial charge in [-0.25, -0.2) is 5.48 Å². The largest absolute Gasteiger partial charge is 0.489 e. The molecule has 3 aromatic rings. The van der Waals surface area contributed by atoms with Gasteiger partial charge < -0.3 is 4.74 Å². The van der Waals surface area contributed by atoms with Crippen LogP contribution in [0, 0.1) is 18.8 Å². The fraction of sp³-hybridized carbons (Fsp3) is 0.320. The molecule has 0 aliphatic heterocycles. The molecule has 1 saturated carbocycles. The number of rotatable bonds is 7. The molecule has 0 radical (unpaired) electrons. The molecule has 4 rings (SSSR count). The molecule has 6 heteroatoms. The van der Waals surface area contributed by atoms with E-state index in [1.54, 1.807) is 5.48 Å². The van der Waals surface area contributed by atoms with Crippen molar-refractivity contribution in [2.45, 2.75) is 39.2 Å². The normalized spacial score (nSPS) is 18.1. The molecule has 6 nitrogen and oxygen atoms in total. The summed E-state index contributed by atoms with van der Waals surface area (Å²) in [6.07, 6.45) is 2.43. The number of carbonyl (C=O) groups is 2. The first-order valence-electron chi connectivity index (χ1n) is 10.6. The Hall–Kier alpha value is -3.25. The Morgan fingerprint density at radius 2 is 1.84 bits per heavy atom. The summed E-state index contributed by atoms with van der Waals surface area (Å²) in [4.78, 5) is 29.0. The van der Waals surface area contributed by atoms with Crippen LogP contribution in [0.2, 0.25) is 0 Å². The number of nitrogens with zero attached hydrogens (tertiary/aromatic N) is 1. The average molecular weight is 418 g/mol. The fourth-order valence-corrected chi connectivity index (χ4v) is 4.45. The van der Waals surface area contributed by atoms with E-state index in [1.807, 2.05) is 61.5 Å². The molecule has 0 spiro atoms. The highest BCUT2D eigenvalue weighted by Gasteiger charge is 2.37. The van der Waals surface area contributed by atoms with Gasteiger partial charge in [-0.3, -0.25) is 19.8 Å². The van der Waals surface area contributed by atoms with Gasteiger partial charge in [0, 0.05) is 34.9 Å². The summed E-state index contributed by atoms with van der Waals surface area (Å²) in [5, 5.41) is 9.97. The number of amides is 1. The topological polar surface area (TPSA) is 88.5 Å². The molecular weight excluding hydrogens is 392 g/mol. The van der Waals surface area contributed by atoms with Gasteiger partial charge in [0.15, 0.2) is 0 Å². The molecule has 1 amide bonds. The van der Waals surface area contributed by atoms with Crippen molar-refractivity contribution in [3.63, 3.8) is 0 Å². The first kappa shape index (κ1) is 21.0. The maximum absolute atomic E-state index is 12.7. The Bertz CT molecular complexity index is 1090. The van der Waals surface area contributed by atoms with Gasteiger partial charge in [-0.05, 0) is 49.6 Å². The number of carbonyl (C=O) groups excluding carboxylic acids is 2. The monoisotopic (exact) mass is 418 g/mol. The Kier molecular flexibility index (Phi) is 6.28. The quantitative estimate of drug-likeness (QED) is 0.444. The highest BCUT2D eigenvalue weighted by Crippen LogP contribution is 2.33. The summed E-state index contributed by atoms with van der Waals surface area (Å²) < 4.78 is 5.98. The number of hydrogen-bond donors (Lipinski definition) is 2. The third kappa shape index (κ3) is 4.75. The lowest BCUT2D eigenvalue weighted by Crippen LogP contribution is -2.34. The summed E-state index contributed by atoms with van der Waals surface area (Å²) in [7, 11) is 0. The summed E-state index contributed by atoms with van der Waals surface area (Å²) in [6.45, 7) is 2.41. The van der Waals surface area contributed by atoms with Crippen LogP contribution < -0.4 is 10.2 Å². The van der Waals surface area contributed by atoms with Crippen molar-refractivity contribution in [3.8, 4) is 5.75 Å². The number of hydrogen-bond acceptors (Lipinski definition) is 5. The number of ketones is 1. The third-order valence-electron chi connectivity index (χ3n) is 6.00. The second-order valence-electron chi connectivity index (χ2n) is 8.14. The number of hydroxylamine groups is 1. The van der Waals surface area contributed by atoms with Crippen molar-refractivity contribution >= 4 is 22.6 Å². The lowest BCUT2D eigenvalue weighted by Gasteiger charge is -2.16. The van der Waals surface area contributed by atoms with E-state index < -0.39 is 11.8 Å². The number of ether oxygens (including phenoxy) is 1. The Morgan fingerprint density at radius 3 is 2.61 bits per heavy atom. The lowest BCUT2D eigenvalue weighted by atomic mass is 9.88. The molecule has 160 valence electrons. The van der Waals surface area contributed by atoms with Crippen LogP contribution in [-0.4, -0.2) is 21.9 Å². The molecule has 1 aliphatic carbocycles. The molecule has 1 fully saturated rings. The van der Waals surface area contributed by atoms with Crippen LogP contribution in [0.15, 0.2) is 54.6 Å². The van der Waals surface area contributed by atoms with Crippen LogP contribution >= 0.6 is 0 Å². The molecule has 2 unspecified atom stereocenters. The zero-order valence-corrected chi connectivity index (χ0v) is 17.5. The van der Waals surface area contributed by atoms with Crippen molar-refractivity contribution in [3.05, 3.63) is 71.4 Å². The second kappa shape index (κ2) is 9.27. The first-order chi connectivity index (χ1) is 15.0. The minimum absolute atomic E-state index is 0.0403. The zero-order valence-electron chi connectivity index (χ0n) is 17.5. The summed E-state index contributed by atoms with van der Waals surface area (Å²) in [5.41, 5.74) is 5.56. The molecule has 1 heterocycles. The third-order valence-corrected chi connectivity index (χ3v) is 6.00. The number of para-hydroxylation sites is 1. The Morgan fingerprint density at radius 1 is 1.10 bits per heavy atom. The highest BCUT2D eigenvalue weighted by atomic mass is 16.5. The van der Waals surface area contributed by atoms with Gasteiger partial charge >= 0.3 is 0 Å². The molecule has 2 atom stereocenters. The van der Waals surface area contributed by atoms with E-state index in [9.17, 15) is 9.59 Å². The lowest BCUT2D eigenvalue weighted by molar-refractivity contribution is -0.138. The maximum Gasteiger partial charge on any atom is 0.247 e. The number of aromatic nitrogens is 1. The summed E-state index contributed by atoms with van der Waals surface area (Å²) in [5.74, 6) is -0.449. The SMILES string of the molecule is Cc1cc(COc2ccc(CC(=O)C3CCCC3C(=O)NO)cc2)c2ccccc2n1. The summed E-state index contributed by atoms with van der Waals surface area (Å²) >= 11 is 0. The van der Waals surface area contributed by atoms with Gasteiger partial charge in [-0.2, -0.15) is 0 Å². The van der Waals surface area contributed by atoms with E-state index in [2.05, 4.69) is 4.98 Å². The van der Waals surface area contributed by atoms with Crippen LogP contribution in [0.5, 0.6) is 5.75 Å². The predicted molar refractivity (Wildman–Crippen MR) is 117 cm³/mol. The molecule has 0 bridgehead atoms. The molecule has 1 aliphatic rings. The van der Waals surface area contributed by atoms with Crippen LogP contribution in [-0.2, 0) is 22.6 Å². The second-order valence-corrected chi connectivity index (χ2v) is 8.14. The van der Waals surface area contributed by atoms with Gasteiger partial charge in [0.25, 0.3) is 0 Å². The van der Waals surface area contributed by atoms with Crippen LogP contribution in [0.1, 0.15) is 36.1 Å². The highest BCUT2D eigenvalue weighted by molar-refractivity contribution is 5.90. The van der Waals surface area contributed by atoms with E-state index in [1.165, 1.54) is 0 Å². The van der Waals surface area contributed by atoms with E-state index in [4.69, 9.17) is 9.94 Å². The minimum atomic E-state index is -0.460. The smallest absolute Gasteiger partial charge is 0.247 e. The van der Waals surface area contributed by atoms with E-state index in [-0.39, 0.29) is 18.1 Å². The Balaban J connectivity index is 1.39. The minimum Gasteiger partial charge on any atom is -0.489 e. The molecule has 0 saturated heterocycles. The van der Waals surface area contributed by atoms with Crippen molar-refractivity contribution < 1.29 is 19.5 Å². The molecule has 31 heavy (non-hydrogen) atoms. The van der Waals surface area contributed by atoms with Crippen LogP contribution in [0.25, 0.3) is 10.9 Å². The van der Waals surface area contributed by atoms with Crippen molar-refractivity contribution in [2.75, 3.05) is 0 Å². The standard InChI is InChI=1S/C25H26N2O4/c1-16-13-18(20-5-2-3-8-23(20)26-16)15-31-19-11-9-17(10-12-19)14-24(28)21-6-4-7-22(21)25(29)27-30/h2-3,5,8-13,21-22,30H,4,6-7,14-15H2,1H3,(H,27,29). The van der Waals surface area contributed by atoms with Gasteiger partial charge in [0.2, 0.25) is 5.91 Å². The van der Waals surface area contributed by atoms with Gasteiger partial charge in [0.05, 0.1) is 5.52 Å². The van der Waals surface area contributed by atoms with Crippen molar-refractivity contribution in [2.24, 2.45) is 11.8 Å². The van der Waals surface area contributed by atoms with Crippen LogP contribution in [0.4, 0.5) is 0 Å². The van der Waals surface area contributed by atoms with Gasteiger partial charge in [-0.15, -0.1) is 0 Å². The van der Waals surface area contributed by atoms with Crippen LogP contribution in [0.3, 0.4) is 0 Å². The first-order valence-corrected chi connectivity index (χ1v) is 10.6. The number of pyridine rings is 1. The molecule has 2 aromatic carbocycles. The van der Waals surface area contributed by atoms with E-state index in [0.717, 1.165) is 39.9 Å². The van der Waals surface area contributed by atoms with Gasteiger partial charge in [-0.1, -0.05) is 36.8 Å². The molecule has 1 aromatic heterocycles. The number of benzene rings is 2. The van der Waals surface area contributed by atoms with E-state index >= 15 is 0 Å². The fourth-order valence-electron chi connectivity index (χ4n) is 4.45. The predicted octanol–water partition coefficient (Wildman–Crippen LogP) is 4.16.